The molecule has 0 saturated heterocycles. The third kappa shape index (κ3) is 2.76. The Labute approximate surface area is 132 Å². The molecule has 0 bridgehead atoms. The van der Waals surface area contributed by atoms with E-state index in [2.05, 4.69) is 0 Å². The van der Waals surface area contributed by atoms with E-state index < -0.39 is 12.2 Å². The number of rotatable bonds is 0. The van der Waals surface area contributed by atoms with Gasteiger partial charge in [0.15, 0.2) is 0 Å². The van der Waals surface area contributed by atoms with E-state index in [0.717, 1.165) is 38.5 Å². The highest BCUT2D eigenvalue weighted by atomic mass is 16.3. The zero-order valence-corrected chi connectivity index (χ0v) is 13.4. The quantitative estimate of drug-likeness (QED) is 0.721. The Kier molecular flexibility index (Phi) is 4.43. The second-order valence-corrected chi connectivity index (χ2v) is 7.97. The number of Topliss-reactive ketones (excluding diaryl/α,β-unsaturated/α-hetero) is 2. The van der Waals surface area contributed by atoms with Crippen molar-refractivity contribution in [1.29, 1.82) is 0 Å². The first-order chi connectivity index (χ1) is 10.5. The smallest absolute Gasteiger partial charge is 0.134 e. The summed E-state index contributed by atoms with van der Waals surface area (Å²) in [6.45, 7) is 0. The van der Waals surface area contributed by atoms with Crippen molar-refractivity contribution in [3.63, 3.8) is 0 Å². The summed E-state index contributed by atoms with van der Waals surface area (Å²) >= 11 is 0. The largest absolute Gasteiger partial charge is 0.390 e. The monoisotopic (exact) mass is 308 g/mol. The van der Waals surface area contributed by atoms with Crippen LogP contribution >= 0.6 is 0 Å². The van der Waals surface area contributed by atoms with Crippen LogP contribution in [-0.2, 0) is 9.59 Å². The van der Waals surface area contributed by atoms with Crippen LogP contribution in [0.2, 0.25) is 0 Å². The summed E-state index contributed by atoms with van der Waals surface area (Å²) < 4.78 is 0. The topological polar surface area (TPSA) is 74.6 Å². The molecule has 22 heavy (non-hydrogen) atoms. The Morgan fingerprint density at radius 2 is 1.05 bits per heavy atom. The molecule has 2 N–H and O–H groups in total. The summed E-state index contributed by atoms with van der Waals surface area (Å²) in [6, 6.07) is 0. The van der Waals surface area contributed by atoms with Crippen molar-refractivity contribution in [3.05, 3.63) is 0 Å². The van der Waals surface area contributed by atoms with Crippen molar-refractivity contribution >= 4 is 11.6 Å². The van der Waals surface area contributed by atoms with Crippen molar-refractivity contribution in [1.82, 2.24) is 0 Å². The Balaban J connectivity index is 1.80. The second-order valence-electron chi connectivity index (χ2n) is 7.97. The summed E-state index contributed by atoms with van der Waals surface area (Å²) in [5.74, 6) is 0.671. The molecule has 3 rings (SSSR count). The number of carbonyl (C=O) groups excluding carboxylic acids is 2. The van der Waals surface area contributed by atoms with Crippen molar-refractivity contribution in [2.45, 2.75) is 89.3 Å². The van der Waals surface area contributed by atoms with E-state index in [9.17, 15) is 19.8 Å². The molecule has 0 amide bonds. The molecular weight excluding hydrogens is 280 g/mol. The minimum absolute atomic E-state index is 0.0933. The lowest BCUT2D eigenvalue weighted by atomic mass is 9.63. The van der Waals surface area contributed by atoms with E-state index in [1.807, 2.05) is 0 Å². The predicted octanol–water partition coefficient (Wildman–Crippen LogP) is 2.54. The minimum atomic E-state index is -0.628. The molecule has 2 atom stereocenters. The van der Waals surface area contributed by atoms with Gasteiger partial charge in [-0.2, -0.15) is 0 Å². The van der Waals surface area contributed by atoms with Crippen molar-refractivity contribution < 1.29 is 19.8 Å². The van der Waals surface area contributed by atoms with Crippen molar-refractivity contribution in [3.8, 4) is 0 Å². The van der Waals surface area contributed by atoms with E-state index in [1.54, 1.807) is 0 Å². The normalized spacial score (nSPS) is 44.1. The fraction of sp³-hybridized carbons (Fsp3) is 0.889. The average Bonchev–Trinajstić information content (AvgIpc) is 2.84. The lowest BCUT2D eigenvalue weighted by Gasteiger charge is -2.40. The number of ketones is 2. The number of carbonyl (C=O) groups is 2. The lowest BCUT2D eigenvalue weighted by Crippen LogP contribution is -2.33. The van der Waals surface area contributed by atoms with Crippen LogP contribution in [0.25, 0.3) is 0 Å². The summed E-state index contributed by atoms with van der Waals surface area (Å²) in [5.41, 5.74) is -0.187. The highest BCUT2D eigenvalue weighted by Gasteiger charge is 2.61. The lowest BCUT2D eigenvalue weighted by molar-refractivity contribution is -0.120. The molecule has 2 unspecified atom stereocenters. The number of hydrogen-bond acceptors (Lipinski definition) is 4. The molecule has 0 aromatic carbocycles. The third-order valence-corrected chi connectivity index (χ3v) is 6.52. The number of hydrogen-bond donors (Lipinski definition) is 2. The van der Waals surface area contributed by atoms with Gasteiger partial charge in [0, 0.05) is 25.7 Å². The standard InChI is InChI=1S/C18H28O4/c19-13-9-17-7-3-1-5-15(21)16(22)6-2-4-8-18(17,11-13)12-14(20)10-17/h15-16,21-22H,1-12H2. The molecule has 0 radical (unpaired) electrons. The molecule has 3 fully saturated rings. The van der Waals surface area contributed by atoms with Gasteiger partial charge in [0.05, 0.1) is 12.2 Å². The van der Waals surface area contributed by atoms with E-state index in [4.69, 9.17) is 0 Å². The molecule has 3 saturated carbocycles. The molecular formula is C18H28O4. The maximum Gasteiger partial charge on any atom is 0.134 e. The van der Waals surface area contributed by atoms with Crippen LogP contribution in [0.15, 0.2) is 0 Å². The molecule has 0 aromatic rings. The second kappa shape index (κ2) is 6.04. The van der Waals surface area contributed by atoms with E-state index in [1.165, 1.54) is 0 Å². The van der Waals surface area contributed by atoms with Crippen LogP contribution in [-0.4, -0.2) is 34.0 Å². The molecule has 124 valence electrons. The highest BCUT2D eigenvalue weighted by molar-refractivity contribution is 5.91. The summed E-state index contributed by atoms with van der Waals surface area (Å²) in [7, 11) is 0. The summed E-state index contributed by atoms with van der Waals surface area (Å²) in [5, 5.41) is 19.9. The van der Waals surface area contributed by atoms with Crippen LogP contribution in [0.3, 0.4) is 0 Å². The van der Waals surface area contributed by atoms with Crippen LogP contribution < -0.4 is 0 Å². The van der Waals surface area contributed by atoms with Gasteiger partial charge in [0.25, 0.3) is 0 Å². The third-order valence-electron chi connectivity index (χ3n) is 6.52. The summed E-state index contributed by atoms with van der Waals surface area (Å²) in [6.07, 6.45) is 7.77. The van der Waals surface area contributed by atoms with E-state index in [0.29, 0.717) is 50.1 Å². The van der Waals surface area contributed by atoms with Gasteiger partial charge in [0.1, 0.15) is 11.6 Å². The van der Waals surface area contributed by atoms with E-state index in [-0.39, 0.29) is 10.8 Å². The zero-order valence-electron chi connectivity index (χ0n) is 13.4. The number of aliphatic hydroxyl groups is 2. The minimum Gasteiger partial charge on any atom is -0.390 e. The molecule has 0 spiro atoms. The maximum atomic E-state index is 12.2. The van der Waals surface area contributed by atoms with Crippen molar-refractivity contribution in [2.75, 3.05) is 0 Å². The van der Waals surface area contributed by atoms with E-state index >= 15 is 0 Å². The fourth-order valence-corrected chi connectivity index (χ4v) is 5.41. The van der Waals surface area contributed by atoms with Crippen molar-refractivity contribution in [2.24, 2.45) is 10.8 Å². The molecule has 0 heterocycles. The van der Waals surface area contributed by atoms with Gasteiger partial charge in [-0.25, -0.2) is 0 Å². The first-order valence-electron chi connectivity index (χ1n) is 8.86. The molecule has 4 nitrogen and oxygen atoms in total. The van der Waals surface area contributed by atoms with Crippen LogP contribution in [0.1, 0.15) is 77.0 Å². The molecule has 4 heteroatoms. The molecule has 3 aliphatic carbocycles. The van der Waals surface area contributed by atoms with Crippen LogP contribution in [0.4, 0.5) is 0 Å². The average molecular weight is 308 g/mol. The van der Waals surface area contributed by atoms with Gasteiger partial charge in [-0.1, -0.05) is 25.7 Å². The Morgan fingerprint density at radius 1 is 0.682 bits per heavy atom. The van der Waals surface area contributed by atoms with Gasteiger partial charge >= 0.3 is 0 Å². The van der Waals surface area contributed by atoms with Crippen LogP contribution in [0.5, 0.6) is 0 Å². The Morgan fingerprint density at radius 3 is 1.41 bits per heavy atom. The first kappa shape index (κ1) is 16.1. The van der Waals surface area contributed by atoms with Gasteiger partial charge in [0.2, 0.25) is 0 Å². The molecule has 3 aliphatic rings. The van der Waals surface area contributed by atoms with Crippen LogP contribution in [0, 0.1) is 10.8 Å². The zero-order chi connectivity index (χ0) is 15.8. The summed E-state index contributed by atoms with van der Waals surface area (Å²) in [4.78, 5) is 24.3. The van der Waals surface area contributed by atoms with Gasteiger partial charge in [-0.3, -0.25) is 9.59 Å². The van der Waals surface area contributed by atoms with Gasteiger partial charge in [-0.15, -0.1) is 0 Å². The molecule has 0 aromatic heterocycles. The SMILES string of the molecule is O=C1CC23CCCCC(O)C(O)CCCCC2(C1)CC(=O)C3. The van der Waals surface area contributed by atoms with Gasteiger partial charge in [-0.05, 0) is 36.5 Å². The maximum absolute atomic E-state index is 12.2. The van der Waals surface area contributed by atoms with Gasteiger partial charge < -0.3 is 10.2 Å². The Hall–Kier alpha value is -0.740. The molecule has 0 aliphatic heterocycles. The fourth-order valence-electron chi connectivity index (χ4n) is 5.41. The number of aliphatic hydroxyl groups excluding tert-OH is 2. The Bertz CT molecular complexity index is 398. The highest BCUT2D eigenvalue weighted by Crippen LogP contribution is 2.65. The predicted molar refractivity (Wildman–Crippen MR) is 82.3 cm³/mol. The first-order valence-corrected chi connectivity index (χ1v) is 8.86.